The summed E-state index contributed by atoms with van der Waals surface area (Å²) in [4.78, 5) is 11.9. The second-order valence-electron chi connectivity index (χ2n) is 4.93. The molecule has 0 spiro atoms. The van der Waals surface area contributed by atoms with Crippen LogP contribution in [0.25, 0.3) is 5.65 Å². The smallest absolute Gasteiger partial charge is 0.230 e. The highest BCUT2D eigenvalue weighted by Crippen LogP contribution is 2.16. The standard InChI is InChI=1S/C16H15FN4OS/c17-13-6-4-12(5-7-13)8-9-18-15(22)11-23-16-20-19-14-3-1-2-10-21(14)16/h1-7,10H,8-9,11H2,(H,18,22). The molecule has 3 rings (SSSR count). The van der Waals surface area contributed by atoms with Crippen molar-refractivity contribution in [2.75, 3.05) is 12.3 Å². The molecule has 0 aliphatic heterocycles. The van der Waals surface area contributed by atoms with Crippen LogP contribution in [0.3, 0.4) is 0 Å². The molecule has 1 N–H and O–H groups in total. The van der Waals surface area contributed by atoms with Gasteiger partial charge in [-0.1, -0.05) is 30.0 Å². The molecule has 5 nitrogen and oxygen atoms in total. The zero-order valence-electron chi connectivity index (χ0n) is 12.3. The van der Waals surface area contributed by atoms with Crippen LogP contribution >= 0.6 is 11.8 Å². The first kappa shape index (κ1) is 15.5. The molecule has 0 aliphatic carbocycles. The van der Waals surface area contributed by atoms with Crippen molar-refractivity contribution < 1.29 is 9.18 Å². The van der Waals surface area contributed by atoms with Gasteiger partial charge in [0.15, 0.2) is 10.8 Å². The number of carbonyl (C=O) groups is 1. The number of hydrogen-bond donors (Lipinski definition) is 1. The van der Waals surface area contributed by atoms with Crippen LogP contribution in [0.4, 0.5) is 4.39 Å². The summed E-state index contributed by atoms with van der Waals surface area (Å²) in [5, 5.41) is 11.6. The molecule has 0 saturated carbocycles. The second kappa shape index (κ2) is 7.23. The lowest BCUT2D eigenvalue weighted by Gasteiger charge is -2.05. The van der Waals surface area contributed by atoms with E-state index in [0.29, 0.717) is 18.1 Å². The fraction of sp³-hybridized carbons (Fsp3) is 0.188. The van der Waals surface area contributed by atoms with E-state index in [-0.39, 0.29) is 17.5 Å². The van der Waals surface area contributed by atoms with Crippen LogP contribution in [0.2, 0.25) is 0 Å². The van der Waals surface area contributed by atoms with E-state index in [1.54, 1.807) is 12.1 Å². The van der Waals surface area contributed by atoms with Gasteiger partial charge in [-0.3, -0.25) is 9.20 Å². The minimum absolute atomic E-state index is 0.0650. The summed E-state index contributed by atoms with van der Waals surface area (Å²) in [7, 11) is 0. The summed E-state index contributed by atoms with van der Waals surface area (Å²) in [6.45, 7) is 0.519. The Morgan fingerprint density at radius 2 is 2.00 bits per heavy atom. The van der Waals surface area contributed by atoms with E-state index in [0.717, 1.165) is 11.2 Å². The molecule has 0 aliphatic rings. The first-order chi connectivity index (χ1) is 11.2. The molecule has 0 bridgehead atoms. The monoisotopic (exact) mass is 330 g/mol. The number of thioether (sulfide) groups is 1. The van der Waals surface area contributed by atoms with E-state index in [1.165, 1.54) is 23.9 Å². The van der Waals surface area contributed by atoms with E-state index in [1.807, 2.05) is 28.8 Å². The summed E-state index contributed by atoms with van der Waals surface area (Å²) in [6, 6.07) is 11.9. The molecule has 2 aromatic heterocycles. The Balaban J connectivity index is 1.45. The highest BCUT2D eigenvalue weighted by Gasteiger charge is 2.08. The van der Waals surface area contributed by atoms with Crippen molar-refractivity contribution in [3.05, 3.63) is 60.0 Å². The van der Waals surface area contributed by atoms with Gasteiger partial charge < -0.3 is 5.32 Å². The number of nitrogens with one attached hydrogen (secondary N) is 1. The summed E-state index contributed by atoms with van der Waals surface area (Å²) in [5.41, 5.74) is 1.74. The quantitative estimate of drug-likeness (QED) is 0.705. The third-order valence-electron chi connectivity index (χ3n) is 3.26. The van der Waals surface area contributed by atoms with Crippen LogP contribution in [0.1, 0.15) is 5.56 Å². The van der Waals surface area contributed by atoms with Gasteiger partial charge in [0.05, 0.1) is 5.75 Å². The molecule has 0 radical (unpaired) electrons. The van der Waals surface area contributed by atoms with Gasteiger partial charge in [-0.15, -0.1) is 10.2 Å². The third kappa shape index (κ3) is 4.07. The van der Waals surface area contributed by atoms with Crippen molar-refractivity contribution in [2.24, 2.45) is 0 Å². The average molecular weight is 330 g/mol. The molecule has 0 atom stereocenters. The number of nitrogens with zero attached hydrogens (tertiary/aromatic N) is 3. The summed E-state index contributed by atoms with van der Waals surface area (Å²) < 4.78 is 14.6. The number of carbonyl (C=O) groups excluding carboxylic acids is 1. The van der Waals surface area contributed by atoms with Gasteiger partial charge in [-0.25, -0.2) is 4.39 Å². The summed E-state index contributed by atoms with van der Waals surface area (Å²) >= 11 is 1.34. The number of fused-ring (bicyclic) bond motifs is 1. The van der Waals surface area contributed by atoms with Crippen LogP contribution in [-0.4, -0.2) is 32.8 Å². The Bertz CT molecular complexity index is 803. The van der Waals surface area contributed by atoms with Gasteiger partial charge in [0, 0.05) is 12.7 Å². The highest BCUT2D eigenvalue weighted by molar-refractivity contribution is 7.99. The molecule has 118 valence electrons. The minimum Gasteiger partial charge on any atom is -0.355 e. The molecule has 1 aromatic carbocycles. The molecule has 1 amide bonds. The Morgan fingerprint density at radius 3 is 2.83 bits per heavy atom. The SMILES string of the molecule is O=C(CSc1nnc2ccccn12)NCCc1ccc(F)cc1. The number of hydrogen-bond acceptors (Lipinski definition) is 4. The number of benzene rings is 1. The van der Waals surface area contributed by atoms with Crippen molar-refractivity contribution in [3.8, 4) is 0 Å². The largest absolute Gasteiger partial charge is 0.355 e. The maximum Gasteiger partial charge on any atom is 0.230 e. The predicted molar refractivity (Wildman–Crippen MR) is 86.8 cm³/mol. The topological polar surface area (TPSA) is 59.3 Å². The van der Waals surface area contributed by atoms with Crippen LogP contribution in [0, 0.1) is 5.82 Å². The van der Waals surface area contributed by atoms with E-state index in [2.05, 4.69) is 15.5 Å². The van der Waals surface area contributed by atoms with Crippen LogP contribution in [-0.2, 0) is 11.2 Å². The van der Waals surface area contributed by atoms with Gasteiger partial charge in [-0.05, 0) is 36.2 Å². The van der Waals surface area contributed by atoms with E-state index >= 15 is 0 Å². The Morgan fingerprint density at radius 1 is 1.17 bits per heavy atom. The van der Waals surface area contributed by atoms with Gasteiger partial charge in [0.25, 0.3) is 0 Å². The normalized spacial score (nSPS) is 10.8. The van der Waals surface area contributed by atoms with Crippen molar-refractivity contribution >= 4 is 23.3 Å². The maximum atomic E-state index is 12.8. The van der Waals surface area contributed by atoms with Crippen molar-refractivity contribution in [2.45, 2.75) is 11.6 Å². The second-order valence-corrected chi connectivity index (χ2v) is 5.87. The number of rotatable bonds is 6. The third-order valence-corrected chi connectivity index (χ3v) is 4.21. The molecule has 0 unspecified atom stereocenters. The lowest BCUT2D eigenvalue weighted by atomic mass is 10.1. The van der Waals surface area contributed by atoms with Gasteiger partial charge in [-0.2, -0.15) is 0 Å². The molecule has 7 heteroatoms. The number of amides is 1. The van der Waals surface area contributed by atoms with Crippen LogP contribution in [0.15, 0.2) is 53.8 Å². The molecular weight excluding hydrogens is 315 g/mol. The Labute approximate surface area is 136 Å². The average Bonchev–Trinajstić information content (AvgIpc) is 2.98. The number of halogens is 1. The van der Waals surface area contributed by atoms with E-state index in [9.17, 15) is 9.18 Å². The molecule has 0 saturated heterocycles. The van der Waals surface area contributed by atoms with Crippen LogP contribution < -0.4 is 5.32 Å². The Hall–Kier alpha value is -2.41. The van der Waals surface area contributed by atoms with Gasteiger partial charge >= 0.3 is 0 Å². The van der Waals surface area contributed by atoms with E-state index in [4.69, 9.17) is 0 Å². The van der Waals surface area contributed by atoms with Crippen molar-refractivity contribution in [1.29, 1.82) is 0 Å². The summed E-state index contributed by atoms with van der Waals surface area (Å²) in [6.07, 6.45) is 2.54. The maximum absolute atomic E-state index is 12.8. The van der Waals surface area contributed by atoms with Gasteiger partial charge in [0.2, 0.25) is 5.91 Å². The Kier molecular flexibility index (Phi) is 4.87. The van der Waals surface area contributed by atoms with E-state index < -0.39 is 0 Å². The lowest BCUT2D eigenvalue weighted by molar-refractivity contribution is -0.118. The fourth-order valence-corrected chi connectivity index (χ4v) is 2.85. The zero-order valence-corrected chi connectivity index (χ0v) is 13.1. The molecular formula is C16H15FN4OS. The van der Waals surface area contributed by atoms with Crippen LogP contribution in [0.5, 0.6) is 0 Å². The molecule has 3 aromatic rings. The highest BCUT2D eigenvalue weighted by atomic mass is 32.2. The number of aromatic nitrogens is 3. The first-order valence-electron chi connectivity index (χ1n) is 7.16. The molecule has 23 heavy (non-hydrogen) atoms. The minimum atomic E-state index is -0.255. The zero-order chi connectivity index (χ0) is 16.1. The molecule has 0 fully saturated rings. The van der Waals surface area contributed by atoms with Gasteiger partial charge in [0.1, 0.15) is 5.82 Å². The number of pyridine rings is 1. The summed E-state index contributed by atoms with van der Waals surface area (Å²) in [5.74, 6) is -0.0430. The predicted octanol–water partition coefficient (Wildman–Crippen LogP) is 2.32. The van der Waals surface area contributed by atoms with Crippen molar-refractivity contribution in [3.63, 3.8) is 0 Å². The molecule has 2 heterocycles. The van der Waals surface area contributed by atoms with Crippen molar-refractivity contribution in [1.82, 2.24) is 19.9 Å². The lowest BCUT2D eigenvalue weighted by Crippen LogP contribution is -2.27. The fourth-order valence-electron chi connectivity index (χ4n) is 2.10. The first-order valence-corrected chi connectivity index (χ1v) is 8.14.